The van der Waals surface area contributed by atoms with Crippen LogP contribution in [0.5, 0.6) is 0 Å². The zero-order chi connectivity index (χ0) is 55.3. The predicted octanol–water partition coefficient (Wildman–Crippen LogP) is 22.1. The quantitative estimate of drug-likeness (QED) is 0.111. The minimum atomic E-state index is -0.491. The van der Waals surface area contributed by atoms with Crippen LogP contribution in [0.3, 0.4) is 0 Å². The van der Waals surface area contributed by atoms with Crippen molar-refractivity contribution in [3.8, 4) is 77.9 Å². The van der Waals surface area contributed by atoms with Gasteiger partial charge in [-0.05, 0) is 195 Å². The Morgan fingerprint density at radius 2 is 0.768 bits per heavy atom. The van der Waals surface area contributed by atoms with Crippen LogP contribution in [0, 0.1) is 0 Å². The third-order valence-corrected chi connectivity index (χ3v) is 19.5. The van der Waals surface area contributed by atoms with Crippen LogP contribution >= 0.6 is 0 Å². The molecule has 1 spiro atoms. The fraction of sp³-hybridized carbons (Fsp3) is 0.160. The normalized spacial score (nSPS) is 15.7. The standard InChI is InChI=1S/C81H67N/c1-6-9-46-80(47-10-7-2)72-45-40-60(82(59-37-32-55(33-38-59)54-23-12-11-13-24-54)61-39-44-66-63-26-16-19-29-71(63)79(4,5)75(66)52-61)51-70(72)69-42-35-56(48-76(69)80)57-34-41-67-64-27-17-20-30-73(64)81(77(67)49-57)74-31-21-18-28-65(74)68-43-36-58(50-78(68)81)62-25-15-14-22-53(62)8-3/h8,11-45,48-52H,3,6-7,9-10,46-47H2,1-2,4-5H3. The van der Waals surface area contributed by atoms with Gasteiger partial charge in [-0.2, -0.15) is 0 Å². The van der Waals surface area contributed by atoms with Gasteiger partial charge in [0.05, 0.1) is 5.41 Å². The van der Waals surface area contributed by atoms with Crippen molar-refractivity contribution < 1.29 is 0 Å². The van der Waals surface area contributed by atoms with Gasteiger partial charge in [0.15, 0.2) is 0 Å². The van der Waals surface area contributed by atoms with Crippen molar-refractivity contribution in [3.63, 3.8) is 0 Å². The SMILES string of the molecule is C=Cc1ccccc1-c1ccc2c(c1)C1(c3ccccc3-c3ccc(-c4ccc5c(c4)C(CCCC)(CCCC)c4ccc(N(c6ccc(-c7ccccc7)cc6)c6ccc7c(c6)C(C)(C)c6ccccc6-7)cc4-5)cc31)c1ccccc1-2. The van der Waals surface area contributed by atoms with Crippen molar-refractivity contribution in [1.29, 1.82) is 0 Å². The third kappa shape index (κ3) is 7.31. The molecule has 15 rings (SSSR count). The highest BCUT2D eigenvalue weighted by Gasteiger charge is 2.52. The summed E-state index contributed by atoms with van der Waals surface area (Å²) in [4.78, 5) is 2.51. The van der Waals surface area contributed by atoms with E-state index < -0.39 is 5.41 Å². The number of anilines is 3. The highest BCUT2D eigenvalue weighted by atomic mass is 15.1. The van der Waals surface area contributed by atoms with Crippen molar-refractivity contribution in [2.45, 2.75) is 82.5 Å². The van der Waals surface area contributed by atoms with E-state index in [1.165, 1.54) is 147 Å². The molecule has 1 heteroatoms. The zero-order valence-electron chi connectivity index (χ0n) is 47.6. The average Bonchev–Trinajstić information content (AvgIpc) is 3.91. The van der Waals surface area contributed by atoms with E-state index in [2.05, 4.69) is 282 Å². The Kier molecular flexibility index (Phi) is 11.8. The molecular formula is C81H67N. The smallest absolute Gasteiger partial charge is 0.0725 e. The maximum atomic E-state index is 4.22. The highest BCUT2D eigenvalue weighted by molar-refractivity contribution is 5.98. The maximum absolute atomic E-state index is 4.22. The van der Waals surface area contributed by atoms with E-state index in [9.17, 15) is 0 Å². The number of rotatable bonds is 13. The minimum Gasteiger partial charge on any atom is -0.310 e. The molecule has 1 atom stereocenters. The van der Waals surface area contributed by atoms with E-state index in [-0.39, 0.29) is 10.8 Å². The molecule has 0 saturated carbocycles. The first-order valence-electron chi connectivity index (χ1n) is 30.0. The van der Waals surface area contributed by atoms with Gasteiger partial charge in [0.25, 0.3) is 0 Å². The van der Waals surface area contributed by atoms with Crippen LogP contribution in [0.1, 0.15) is 116 Å². The maximum Gasteiger partial charge on any atom is 0.0725 e. The third-order valence-electron chi connectivity index (χ3n) is 19.5. The van der Waals surface area contributed by atoms with Crippen LogP contribution in [0.2, 0.25) is 0 Å². The molecule has 4 aliphatic rings. The van der Waals surface area contributed by atoms with Gasteiger partial charge in [0.2, 0.25) is 0 Å². The van der Waals surface area contributed by atoms with Crippen molar-refractivity contribution in [1.82, 2.24) is 0 Å². The summed E-state index contributed by atoms with van der Waals surface area (Å²) < 4.78 is 0. The first kappa shape index (κ1) is 50.0. The van der Waals surface area contributed by atoms with Crippen LogP contribution in [0.25, 0.3) is 84.0 Å². The summed E-state index contributed by atoms with van der Waals surface area (Å²) in [6.45, 7) is 13.7. The van der Waals surface area contributed by atoms with E-state index in [0.29, 0.717) is 0 Å². The molecule has 1 unspecified atom stereocenters. The zero-order valence-corrected chi connectivity index (χ0v) is 47.6. The topological polar surface area (TPSA) is 3.24 Å². The summed E-state index contributed by atoms with van der Waals surface area (Å²) >= 11 is 0. The van der Waals surface area contributed by atoms with Crippen LogP contribution in [0.15, 0.2) is 249 Å². The summed E-state index contributed by atoms with van der Waals surface area (Å²) in [6.07, 6.45) is 8.86. The first-order valence-corrected chi connectivity index (χ1v) is 30.0. The summed E-state index contributed by atoms with van der Waals surface area (Å²) in [5.41, 5.74) is 33.1. The monoisotopic (exact) mass is 1050 g/mol. The van der Waals surface area contributed by atoms with Crippen molar-refractivity contribution in [2.75, 3.05) is 4.90 Å². The first-order chi connectivity index (χ1) is 40.3. The van der Waals surface area contributed by atoms with Crippen LogP contribution in [-0.2, 0) is 16.2 Å². The molecule has 0 heterocycles. The van der Waals surface area contributed by atoms with Crippen LogP contribution < -0.4 is 4.90 Å². The van der Waals surface area contributed by atoms with E-state index in [4.69, 9.17) is 0 Å². The lowest BCUT2D eigenvalue weighted by Crippen LogP contribution is -2.26. The molecular weight excluding hydrogens is 987 g/mol. The van der Waals surface area contributed by atoms with Gasteiger partial charge in [0.1, 0.15) is 0 Å². The largest absolute Gasteiger partial charge is 0.310 e. The predicted molar refractivity (Wildman–Crippen MR) is 347 cm³/mol. The van der Waals surface area contributed by atoms with Gasteiger partial charge in [-0.3, -0.25) is 0 Å². The fourth-order valence-corrected chi connectivity index (χ4v) is 15.6. The Balaban J connectivity index is 0.896. The Morgan fingerprint density at radius 1 is 0.329 bits per heavy atom. The molecule has 396 valence electrons. The summed E-state index contributed by atoms with van der Waals surface area (Å²) in [7, 11) is 0. The molecule has 0 fully saturated rings. The summed E-state index contributed by atoms with van der Waals surface area (Å²) in [5, 5.41) is 0. The van der Waals surface area contributed by atoms with Crippen LogP contribution in [0.4, 0.5) is 17.1 Å². The number of hydrogen-bond donors (Lipinski definition) is 0. The second-order valence-corrected chi connectivity index (χ2v) is 24.1. The van der Waals surface area contributed by atoms with Gasteiger partial charge < -0.3 is 4.90 Å². The lowest BCUT2D eigenvalue weighted by Gasteiger charge is -2.33. The summed E-state index contributed by atoms with van der Waals surface area (Å²) in [5.74, 6) is 0. The number of unbranched alkanes of at least 4 members (excludes halogenated alkanes) is 2. The van der Waals surface area contributed by atoms with Gasteiger partial charge in [-0.15, -0.1) is 0 Å². The van der Waals surface area contributed by atoms with E-state index in [0.717, 1.165) is 36.9 Å². The minimum absolute atomic E-state index is 0.119. The number of fused-ring (bicyclic) bond motifs is 16. The highest BCUT2D eigenvalue weighted by Crippen LogP contribution is 2.64. The van der Waals surface area contributed by atoms with E-state index >= 15 is 0 Å². The van der Waals surface area contributed by atoms with Crippen LogP contribution in [-0.4, -0.2) is 0 Å². The number of hydrogen-bond acceptors (Lipinski definition) is 1. The van der Waals surface area contributed by atoms with Gasteiger partial charge in [-0.1, -0.05) is 254 Å². The summed E-state index contributed by atoms with van der Waals surface area (Å²) in [6, 6.07) is 92.9. The second-order valence-electron chi connectivity index (χ2n) is 24.1. The Morgan fingerprint density at radius 3 is 1.40 bits per heavy atom. The van der Waals surface area contributed by atoms with Gasteiger partial charge in [0, 0.05) is 27.9 Å². The molecule has 11 aromatic carbocycles. The van der Waals surface area contributed by atoms with Gasteiger partial charge >= 0.3 is 0 Å². The lowest BCUT2D eigenvalue weighted by molar-refractivity contribution is 0.414. The molecule has 82 heavy (non-hydrogen) atoms. The van der Waals surface area contributed by atoms with Crippen molar-refractivity contribution in [2.24, 2.45) is 0 Å². The molecule has 0 aliphatic heterocycles. The molecule has 0 aromatic heterocycles. The molecule has 0 amide bonds. The van der Waals surface area contributed by atoms with E-state index in [1.54, 1.807) is 0 Å². The molecule has 0 bridgehead atoms. The number of nitrogens with zero attached hydrogens (tertiary/aromatic N) is 1. The lowest BCUT2D eigenvalue weighted by atomic mass is 9.69. The van der Waals surface area contributed by atoms with E-state index in [1.807, 2.05) is 6.08 Å². The molecule has 0 radical (unpaired) electrons. The molecule has 1 nitrogen and oxygen atoms in total. The van der Waals surface area contributed by atoms with Crippen molar-refractivity contribution in [3.05, 3.63) is 299 Å². The second kappa shape index (κ2) is 19.3. The molecule has 4 aliphatic carbocycles. The fourth-order valence-electron chi connectivity index (χ4n) is 15.6. The molecule has 0 N–H and O–H groups in total. The van der Waals surface area contributed by atoms with Gasteiger partial charge in [-0.25, -0.2) is 0 Å². The molecule has 0 saturated heterocycles. The Bertz CT molecular complexity index is 4340. The van der Waals surface area contributed by atoms with Crippen molar-refractivity contribution >= 4 is 23.1 Å². The molecule has 11 aromatic rings. The average molecular weight is 1050 g/mol. The Hall–Kier alpha value is -9.04. The Labute approximate surface area is 485 Å². The number of benzene rings is 11.